The van der Waals surface area contributed by atoms with Gasteiger partial charge < -0.3 is 9.47 Å². The summed E-state index contributed by atoms with van der Waals surface area (Å²) in [7, 11) is 0. The molecule has 4 heteroatoms. The fourth-order valence-corrected chi connectivity index (χ4v) is 1.49. The molecule has 60 valence electrons. The fraction of sp³-hybridized carbons (Fsp3) is 0.714. The largest absolute Gasteiger partial charge is 0.463 e. The van der Waals surface area contributed by atoms with Crippen LogP contribution in [0.4, 0.5) is 0 Å². The van der Waals surface area contributed by atoms with Gasteiger partial charge in [-0.15, -0.1) is 0 Å². The number of cyclic esters (lactones) is 1. The summed E-state index contributed by atoms with van der Waals surface area (Å²) in [6.45, 7) is 0.381. The van der Waals surface area contributed by atoms with Crippen LogP contribution in [-0.2, 0) is 19.1 Å². The first-order valence-corrected chi connectivity index (χ1v) is 3.62. The molecule has 2 aliphatic heterocycles. The fourth-order valence-electron chi connectivity index (χ4n) is 1.49. The van der Waals surface area contributed by atoms with Crippen molar-refractivity contribution in [1.29, 1.82) is 0 Å². The van der Waals surface area contributed by atoms with Crippen molar-refractivity contribution < 1.29 is 19.1 Å². The molecule has 0 unspecified atom stereocenters. The van der Waals surface area contributed by atoms with Crippen LogP contribution in [0.15, 0.2) is 0 Å². The maximum atomic E-state index is 11.0. The number of ether oxygens (including phenoxy) is 2. The van der Waals surface area contributed by atoms with Crippen molar-refractivity contribution >= 4 is 11.9 Å². The van der Waals surface area contributed by atoms with Gasteiger partial charge in [0.15, 0.2) is 0 Å². The summed E-state index contributed by atoms with van der Waals surface area (Å²) >= 11 is 0. The second kappa shape index (κ2) is 1.96. The number of carbonyl (C=O) groups is 2. The van der Waals surface area contributed by atoms with Crippen LogP contribution >= 0.6 is 0 Å². The van der Waals surface area contributed by atoms with Crippen molar-refractivity contribution in [2.75, 3.05) is 6.61 Å². The zero-order chi connectivity index (χ0) is 7.90. The number of carbonyl (C=O) groups excluding carboxylic acids is 2. The van der Waals surface area contributed by atoms with E-state index in [9.17, 15) is 9.59 Å². The minimum absolute atomic E-state index is 0.288. The van der Waals surface area contributed by atoms with Crippen molar-refractivity contribution in [1.82, 2.24) is 0 Å². The Morgan fingerprint density at radius 3 is 2.55 bits per heavy atom. The minimum Gasteiger partial charge on any atom is -0.463 e. The van der Waals surface area contributed by atoms with Crippen LogP contribution < -0.4 is 0 Å². The van der Waals surface area contributed by atoms with Gasteiger partial charge in [-0.1, -0.05) is 0 Å². The van der Waals surface area contributed by atoms with Gasteiger partial charge in [0.2, 0.25) is 5.60 Å². The number of hydrogen-bond donors (Lipinski definition) is 0. The smallest absolute Gasteiger partial charge is 0.350 e. The Labute approximate surface area is 63.5 Å². The van der Waals surface area contributed by atoms with E-state index in [1.807, 2.05) is 0 Å². The lowest BCUT2D eigenvalue weighted by Crippen LogP contribution is -2.33. The number of esters is 2. The third-order valence-corrected chi connectivity index (χ3v) is 2.15. The topological polar surface area (TPSA) is 52.6 Å². The molecule has 0 aromatic carbocycles. The second-order valence-corrected chi connectivity index (χ2v) is 2.85. The van der Waals surface area contributed by atoms with E-state index in [1.165, 1.54) is 0 Å². The molecule has 0 aromatic heterocycles. The molecule has 2 fully saturated rings. The lowest BCUT2D eigenvalue weighted by molar-refractivity contribution is -0.163. The highest BCUT2D eigenvalue weighted by Crippen LogP contribution is 2.34. The molecule has 2 rings (SSSR count). The zero-order valence-corrected chi connectivity index (χ0v) is 5.96. The first kappa shape index (κ1) is 6.64. The Balaban J connectivity index is 2.22. The van der Waals surface area contributed by atoms with Crippen LogP contribution in [0.5, 0.6) is 0 Å². The van der Waals surface area contributed by atoms with E-state index in [-0.39, 0.29) is 11.9 Å². The van der Waals surface area contributed by atoms with Gasteiger partial charge >= 0.3 is 11.9 Å². The van der Waals surface area contributed by atoms with E-state index in [4.69, 9.17) is 9.47 Å². The molecule has 0 saturated carbocycles. The summed E-state index contributed by atoms with van der Waals surface area (Å²) in [6.07, 6.45) is 1.36. The molecule has 2 aliphatic rings. The summed E-state index contributed by atoms with van der Waals surface area (Å²) in [5, 5.41) is 0. The van der Waals surface area contributed by atoms with Crippen molar-refractivity contribution in [3.05, 3.63) is 0 Å². The molecule has 0 N–H and O–H groups in total. The summed E-state index contributed by atoms with van der Waals surface area (Å²) in [5.74, 6) is -0.660. The first-order chi connectivity index (χ1) is 5.23. The van der Waals surface area contributed by atoms with Crippen molar-refractivity contribution in [3.8, 4) is 0 Å². The van der Waals surface area contributed by atoms with Gasteiger partial charge in [0, 0.05) is 19.3 Å². The van der Waals surface area contributed by atoms with Crippen LogP contribution in [-0.4, -0.2) is 24.1 Å². The Hall–Kier alpha value is -1.06. The predicted molar refractivity (Wildman–Crippen MR) is 33.6 cm³/mol. The van der Waals surface area contributed by atoms with E-state index in [1.54, 1.807) is 0 Å². The lowest BCUT2D eigenvalue weighted by Gasteiger charge is -2.14. The monoisotopic (exact) mass is 156 g/mol. The van der Waals surface area contributed by atoms with Gasteiger partial charge in [0.1, 0.15) is 0 Å². The number of hydrogen-bond acceptors (Lipinski definition) is 4. The number of rotatable bonds is 0. The van der Waals surface area contributed by atoms with Crippen LogP contribution in [0.2, 0.25) is 0 Å². The molecule has 0 bridgehead atoms. The molecule has 2 saturated heterocycles. The molecule has 1 spiro atoms. The maximum Gasteiger partial charge on any atom is 0.350 e. The second-order valence-electron chi connectivity index (χ2n) is 2.85. The van der Waals surface area contributed by atoms with E-state index >= 15 is 0 Å². The standard InChI is InChI=1S/C7H8O4/c8-5-1-2-7(11-5)3-4-10-6(7)9/h1-4H2/t7-/m1/s1. The Bertz CT molecular complexity index is 222. The minimum atomic E-state index is -0.892. The Morgan fingerprint density at radius 2 is 2.09 bits per heavy atom. The predicted octanol–water partition coefficient (Wildman–Crippen LogP) is 0.00910. The molecule has 0 aliphatic carbocycles. The van der Waals surface area contributed by atoms with E-state index in [0.29, 0.717) is 25.9 Å². The lowest BCUT2D eigenvalue weighted by atomic mass is 9.99. The van der Waals surface area contributed by atoms with Gasteiger partial charge in [0.25, 0.3) is 0 Å². The SMILES string of the molecule is O=C1CC[C@]2(CCOC2=O)O1. The third-order valence-electron chi connectivity index (χ3n) is 2.15. The van der Waals surface area contributed by atoms with Crippen molar-refractivity contribution in [3.63, 3.8) is 0 Å². The zero-order valence-electron chi connectivity index (χ0n) is 5.96. The molecule has 2 heterocycles. The molecule has 1 atom stereocenters. The Morgan fingerprint density at radius 1 is 1.27 bits per heavy atom. The van der Waals surface area contributed by atoms with Gasteiger partial charge in [-0.25, -0.2) is 4.79 Å². The van der Waals surface area contributed by atoms with Crippen LogP contribution in [0, 0.1) is 0 Å². The average Bonchev–Trinajstić information content (AvgIpc) is 2.46. The highest BCUT2D eigenvalue weighted by atomic mass is 16.6. The molecule has 4 nitrogen and oxygen atoms in total. The summed E-state index contributed by atoms with van der Waals surface area (Å²) in [4.78, 5) is 21.8. The van der Waals surface area contributed by atoms with Crippen LogP contribution in [0.3, 0.4) is 0 Å². The van der Waals surface area contributed by atoms with Gasteiger partial charge in [0.05, 0.1) is 6.61 Å². The Kier molecular flexibility index (Phi) is 1.19. The highest BCUT2D eigenvalue weighted by Gasteiger charge is 2.51. The normalized spacial score (nSPS) is 36.0. The first-order valence-electron chi connectivity index (χ1n) is 3.62. The van der Waals surface area contributed by atoms with Gasteiger partial charge in [-0.3, -0.25) is 4.79 Å². The summed E-state index contributed by atoms with van der Waals surface area (Å²) in [5.41, 5.74) is -0.892. The molecular weight excluding hydrogens is 148 g/mol. The van der Waals surface area contributed by atoms with Gasteiger partial charge in [-0.2, -0.15) is 0 Å². The molecule has 0 aromatic rings. The van der Waals surface area contributed by atoms with E-state index in [2.05, 4.69) is 0 Å². The van der Waals surface area contributed by atoms with Crippen LogP contribution in [0.25, 0.3) is 0 Å². The molecule has 11 heavy (non-hydrogen) atoms. The quantitative estimate of drug-likeness (QED) is 0.463. The van der Waals surface area contributed by atoms with Gasteiger partial charge in [-0.05, 0) is 0 Å². The van der Waals surface area contributed by atoms with Crippen molar-refractivity contribution in [2.24, 2.45) is 0 Å². The highest BCUT2D eigenvalue weighted by molar-refractivity contribution is 5.88. The van der Waals surface area contributed by atoms with Crippen LogP contribution in [0.1, 0.15) is 19.3 Å². The molecule has 0 radical (unpaired) electrons. The van der Waals surface area contributed by atoms with E-state index in [0.717, 1.165) is 0 Å². The average molecular weight is 156 g/mol. The summed E-state index contributed by atoms with van der Waals surface area (Å²) < 4.78 is 9.63. The van der Waals surface area contributed by atoms with Crippen molar-refractivity contribution in [2.45, 2.75) is 24.9 Å². The summed E-state index contributed by atoms with van der Waals surface area (Å²) in [6, 6.07) is 0. The van der Waals surface area contributed by atoms with E-state index < -0.39 is 5.60 Å². The molecular formula is C7H8O4. The molecule has 0 amide bonds. The third kappa shape index (κ3) is 0.818. The maximum absolute atomic E-state index is 11.0.